The lowest BCUT2D eigenvalue weighted by molar-refractivity contribution is 1.47. The molecule has 3 heteroatoms. The highest BCUT2D eigenvalue weighted by molar-refractivity contribution is 9.10. The summed E-state index contributed by atoms with van der Waals surface area (Å²) in [5.74, 6) is 0. The standard InChI is InChI=1S/C13H8BrNS/c14-10-6-7-12-11(8-10)15-13(16-12)9-4-2-1-3-5-9/h1-8H. The number of hydrogen-bond donors (Lipinski definition) is 0. The third-order valence-corrected chi connectivity index (χ3v) is 3.95. The van der Waals surface area contributed by atoms with Crippen LogP contribution in [0.15, 0.2) is 53.0 Å². The van der Waals surface area contributed by atoms with Gasteiger partial charge in [0.1, 0.15) is 5.01 Å². The van der Waals surface area contributed by atoms with E-state index in [1.165, 1.54) is 10.3 Å². The molecule has 0 aliphatic heterocycles. The summed E-state index contributed by atoms with van der Waals surface area (Å²) in [4.78, 5) is 4.63. The number of fused-ring (bicyclic) bond motifs is 1. The molecule has 3 aromatic rings. The number of benzene rings is 2. The zero-order valence-corrected chi connectivity index (χ0v) is 10.8. The van der Waals surface area contributed by atoms with Gasteiger partial charge in [0, 0.05) is 10.0 Å². The van der Waals surface area contributed by atoms with Gasteiger partial charge in [-0.05, 0) is 18.2 Å². The van der Waals surface area contributed by atoms with Crippen LogP contribution in [0.2, 0.25) is 0 Å². The van der Waals surface area contributed by atoms with Crippen LogP contribution in [0.25, 0.3) is 20.8 Å². The molecule has 0 saturated heterocycles. The maximum Gasteiger partial charge on any atom is 0.124 e. The Balaban J connectivity index is 2.19. The molecule has 0 aliphatic carbocycles. The summed E-state index contributed by atoms with van der Waals surface area (Å²) in [6, 6.07) is 16.5. The number of halogens is 1. The van der Waals surface area contributed by atoms with Crippen LogP contribution in [0.4, 0.5) is 0 Å². The molecule has 1 nitrogen and oxygen atoms in total. The van der Waals surface area contributed by atoms with Crippen LogP contribution in [-0.4, -0.2) is 4.98 Å². The first-order valence-electron chi connectivity index (χ1n) is 4.94. The molecule has 16 heavy (non-hydrogen) atoms. The van der Waals surface area contributed by atoms with Gasteiger partial charge in [-0.15, -0.1) is 11.3 Å². The highest BCUT2D eigenvalue weighted by Crippen LogP contribution is 2.31. The van der Waals surface area contributed by atoms with Gasteiger partial charge in [0.15, 0.2) is 0 Å². The van der Waals surface area contributed by atoms with Crippen molar-refractivity contribution in [3.8, 4) is 10.6 Å². The third-order valence-electron chi connectivity index (χ3n) is 2.37. The van der Waals surface area contributed by atoms with E-state index in [1.54, 1.807) is 11.3 Å². The van der Waals surface area contributed by atoms with Crippen molar-refractivity contribution in [2.75, 3.05) is 0 Å². The second-order valence-electron chi connectivity index (χ2n) is 3.50. The van der Waals surface area contributed by atoms with Crippen molar-refractivity contribution in [1.82, 2.24) is 4.98 Å². The molecule has 1 heterocycles. The number of hydrogen-bond acceptors (Lipinski definition) is 2. The second-order valence-corrected chi connectivity index (χ2v) is 5.44. The van der Waals surface area contributed by atoms with Crippen LogP contribution in [0.1, 0.15) is 0 Å². The highest BCUT2D eigenvalue weighted by Gasteiger charge is 2.05. The highest BCUT2D eigenvalue weighted by atomic mass is 79.9. The molecule has 0 spiro atoms. The van der Waals surface area contributed by atoms with E-state index in [1.807, 2.05) is 18.2 Å². The third kappa shape index (κ3) is 1.77. The molecule has 2 aromatic carbocycles. The first-order chi connectivity index (χ1) is 7.83. The Bertz CT molecular complexity index is 631. The van der Waals surface area contributed by atoms with Crippen molar-refractivity contribution in [1.29, 1.82) is 0 Å². The summed E-state index contributed by atoms with van der Waals surface area (Å²) in [6.07, 6.45) is 0. The fourth-order valence-corrected chi connectivity index (χ4v) is 2.91. The van der Waals surface area contributed by atoms with Gasteiger partial charge in [-0.1, -0.05) is 46.3 Å². The van der Waals surface area contributed by atoms with E-state index in [9.17, 15) is 0 Å². The van der Waals surface area contributed by atoms with Crippen molar-refractivity contribution in [3.63, 3.8) is 0 Å². The minimum Gasteiger partial charge on any atom is -0.236 e. The van der Waals surface area contributed by atoms with Crippen LogP contribution >= 0.6 is 27.3 Å². The molecule has 0 unspecified atom stereocenters. The fourth-order valence-electron chi connectivity index (χ4n) is 1.60. The predicted molar refractivity (Wildman–Crippen MR) is 72.8 cm³/mol. The first kappa shape index (κ1) is 10.00. The summed E-state index contributed by atoms with van der Waals surface area (Å²) in [5, 5.41) is 1.08. The lowest BCUT2D eigenvalue weighted by Gasteiger charge is -1.92. The van der Waals surface area contributed by atoms with Gasteiger partial charge >= 0.3 is 0 Å². The van der Waals surface area contributed by atoms with Crippen molar-refractivity contribution < 1.29 is 0 Å². The van der Waals surface area contributed by atoms with E-state index in [0.717, 1.165) is 15.0 Å². The van der Waals surface area contributed by atoms with E-state index in [-0.39, 0.29) is 0 Å². The molecular formula is C13H8BrNS. The van der Waals surface area contributed by atoms with Crippen molar-refractivity contribution in [2.45, 2.75) is 0 Å². The lowest BCUT2D eigenvalue weighted by Crippen LogP contribution is -1.73. The Morgan fingerprint density at radius 2 is 1.81 bits per heavy atom. The molecule has 78 valence electrons. The molecule has 0 bridgehead atoms. The lowest BCUT2D eigenvalue weighted by atomic mass is 10.2. The molecule has 0 N–H and O–H groups in total. The first-order valence-corrected chi connectivity index (χ1v) is 6.55. The van der Waals surface area contributed by atoms with E-state index in [4.69, 9.17) is 0 Å². The van der Waals surface area contributed by atoms with Crippen molar-refractivity contribution >= 4 is 37.5 Å². The van der Waals surface area contributed by atoms with E-state index < -0.39 is 0 Å². The molecule has 0 aliphatic rings. The molecule has 0 amide bonds. The Kier molecular flexibility index (Phi) is 2.50. The largest absolute Gasteiger partial charge is 0.236 e. The van der Waals surface area contributed by atoms with Crippen LogP contribution in [0, 0.1) is 0 Å². The normalized spacial score (nSPS) is 10.8. The zero-order chi connectivity index (χ0) is 11.0. The quantitative estimate of drug-likeness (QED) is 0.631. The second kappa shape index (κ2) is 4.00. The summed E-state index contributed by atoms with van der Waals surface area (Å²) in [7, 11) is 0. The molecule has 1 aromatic heterocycles. The van der Waals surface area contributed by atoms with Crippen LogP contribution in [0.5, 0.6) is 0 Å². The number of aromatic nitrogens is 1. The van der Waals surface area contributed by atoms with Crippen molar-refractivity contribution in [2.24, 2.45) is 0 Å². The van der Waals surface area contributed by atoms with Gasteiger partial charge in [-0.3, -0.25) is 0 Å². The smallest absolute Gasteiger partial charge is 0.124 e. The van der Waals surface area contributed by atoms with E-state index >= 15 is 0 Å². The molecule has 3 rings (SSSR count). The Morgan fingerprint density at radius 3 is 2.62 bits per heavy atom. The Labute approximate surface area is 106 Å². The molecule has 0 saturated carbocycles. The average molecular weight is 290 g/mol. The number of thiazole rings is 1. The summed E-state index contributed by atoms with van der Waals surface area (Å²) < 4.78 is 2.30. The maximum absolute atomic E-state index is 4.63. The molecular weight excluding hydrogens is 282 g/mol. The van der Waals surface area contributed by atoms with E-state index in [0.29, 0.717) is 0 Å². The Hall–Kier alpha value is -1.19. The molecule has 0 radical (unpaired) electrons. The van der Waals surface area contributed by atoms with E-state index in [2.05, 4.69) is 51.2 Å². The predicted octanol–water partition coefficient (Wildman–Crippen LogP) is 4.73. The topological polar surface area (TPSA) is 12.9 Å². The SMILES string of the molecule is Brc1ccc2sc(-c3ccccc3)nc2c1. The number of nitrogens with zero attached hydrogens (tertiary/aromatic N) is 1. The maximum atomic E-state index is 4.63. The zero-order valence-electron chi connectivity index (χ0n) is 8.35. The summed E-state index contributed by atoms with van der Waals surface area (Å²) in [5.41, 5.74) is 2.23. The van der Waals surface area contributed by atoms with Gasteiger partial charge in [-0.25, -0.2) is 4.98 Å². The fraction of sp³-hybridized carbons (Fsp3) is 0. The number of rotatable bonds is 1. The van der Waals surface area contributed by atoms with Gasteiger partial charge in [-0.2, -0.15) is 0 Å². The van der Waals surface area contributed by atoms with Crippen LogP contribution < -0.4 is 0 Å². The monoisotopic (exact) mass is 289 g/mol. The minimum absolute atomic E-state index is 1.05. The molecule has 0 atom stereocenters. The minimum atomic E-state index is 1.05. The van der Waals surface area contributed by atoms with Gasteiger partial charge in [0.25, 0.3) is 0 Å². The molecule has 0 fully saturated rings. The summed E-state index contributed by atoms with van der Waals surface area (Å²) in [6.45, 7) is 0. The van der Waals surface area contributed by atoms with Crippen LogP contribution in [0.3, 0.4) is 0 Å². The van der Waals surface area contributed by atoms with Gasteiger partial charge in [0.05, 0.1) is 10.2 Å². The van der Waals surface area contributed by atoms with Gasteiger partial charge in [0.2, 0.25) is 0 Å². The summed E-state index contributed by atoms with van der Waals surface area (Å²) >= 11 is 5.19. The Morgan fingerprint density at radius 1 is 1.00 bits per heavy atom. The van der Waals surface area contributed by atoms with Crippen LogP contribution in [-0.2, 0) is 0 Å². The van der Waals surface area contributed by atoms with Crippen molar-refractivity contribution in [3.05, 3.63) is 53.0 Å². The van der Waals surface area contributed by atoms with Gasteiger partial charge < -0.3 is 0 Å². The average Bonchev–Trinajstić information content (AvgIpc) is 2.73.